The summed E-state index contributed by atoms with van der Waals surface area (Å²) in [6.07, 6.45) is 1.21. The molecule has 1 aliphatic rings. The third-order valence-corrected chi connectivity index (χ3v) is 7.33. The predicted molar refractivity (Wildman–Crippen MR) is 151 cm³/mol. The van der Waals surface area contributed by atoms with Crippen LogP contribution in [-0.2, 0) is 11.3 Å². The molecule has 0 aliphatic carbocycles. The van der Waals surface area contributed by atoms with Gasteiger partial charge in [-0.3, -0.25) is 14.4 Å². The van der Waals surface area contributed by atoms with Crippen molar-refractivity contribution in [3.05, 3.63) is 98.6 Å². The molecular formula is C32H27NO7. The van der Waals surface area contributed by atoms with Gasteiger partial charge in [-0.1, -0.05) is 44.2 Å². The molecule has 1 unspecified atom stereocenters. The third kappa shape index (κ3) is 4.12. The second kappa shape index (κ2) is 9.72. The molecule has 0 fully saturated rings. The van der Waals surface area contributed by atoms with E-state index in [-0.39, 0.29) is 45.9 Å². The number of para-hydroxylation sites is 1. The Morgan fingerprint density at radius 1 is 1.05 bits per heavy atom. The van der Waals surface area contributed by atoms with Crippen molar-refractivity contribution in [3.8, 4) is 28.4 Å². The van der Waals surface area contributed by atoms with Crippen molar-refractivity contribution in [3.63, 3.8) is 0 Å². The molecule has 0 bridgehead atoms. The number of benzene rings is 3. The van der Waals surface area contributed by atoms with Crippen LogP contribution in [0, 0.1) is 5.92 Å². The van der Waals surface area contributed by atoms with Crippen LogP contribution < -0.4 is 20.5 Å². The molecule has 1 N–H and O–H groups in total. The Hall–Kier alpha value is -4.85. The molecule has 6 rings (SSSR count). The topological polar surface area (TPSA) is 108 Å². The van der Waals surface area contributed by atoms with Gasteiger partial charge < -0.3 is 23.6 Å². The Balaban J connectivity index is 1.61. The molecule has 0 radical (unpaired) electrons. The molecule has 1 atom stereocenters. The maximum atomic E-state index is 14.0. The minimum absolute atomic E-state index is 0.0432. The van der Waals surface area contributed by atoms with Gasteiger partial charge in [-0.25, -0.2) is 0 Å². The number of phenols is 1. The number of carbonyl (C=O) groups is 1. The molecule has 40 heavy (non-hydrogen) atoms. The maximum Gasteiger partial charge on any atom is 0.312 e. The van der Waals surface area contributed by atoms with Gasteiger partial charge in [-0.15, -0.1) is 0 Å². The number of methoxy groups -OCH3 is 1. The van der Waals surface area contributed by atoms with Crippen molar-refractivity contribution in [1.82, 2.24) is 4.57 Å². The van der Waals surface area contributed by atoms with Crippen LogP contribution in [0.15, 0.2) is 80.9 Å². The van der Waals surface area contributed by atoms with E-state index in [2.05, 4.69) is 0 Å². The number of ether oxygens (including phenoxy) is 2. The summed E-state index contributed by atoms with van der Waals surface area (Å²) >= 11 is 0. The Morgan fingerprint density at radius 3 is 2.52 bits per heavy atom. The van der Waals surface area contributed by atoms with E-state index in [4.69, 9.17) is 13.9 Å². The molecule has 0 spiro atoms. The van der Waals surface area contributed by atoms with Gasteiger partial charge in [0.2, 0.25) is 5.43 Å². The van der Waals surface area contributed by atoms with E-state index < -0.39 is 17.3 Å². The van der Waals surface area contributed by atoms with Gasteiger partial charge >= 0.3 is 5.97 Å². The molecule has 202 valence electrons. The van der Waals surface area contributed by atoms with Crippen LogP contribution in [0.5, 0.6) is 17.2 Å². The summed E-state index contributed by atoms with van der Waals surface area (Å²) in [4.78, 5) is 40.4. The Kier molecular flexibility index (Phi) is 6.18. The Labute approximate surface area is 229 Å². The summed E-state index contributed by atoms with van der Waals surface area (Å²) in [6, 6.07) is 17.6. The van der Waals surface area contributed by atoms with Gasteiger partial charge in [-0.05, 0) is 41.1 Å². The molecule has 2 aromatic heterocycles. The van der Waals surface area contributed by atoms with Crippen molar-refractivity contribution >= 4 is 27.8 Å². The van der Waals surface area contributed by atoms with E-state index in [0.717, 1.165) is 10.9 Å². The summed E-state index contributed by atoms with van der Waals surface area (Å²) in [6.45, 7) is 4.56. The second-order valence-electron chi connectivity index (χ2n) is 10.4. The number of fused-ring (bicyclic) bond motifs is 4. The summed E-state index contributed by atoms with van der Waals surface area (Å²) in [7, 11) is 1.55. The first-order valence-corrected chi connectivity index (χ1v) is 13.1. The van der Waals surface area contributed by atoms with E-state index >= 15 is 0 Å². The number of hydrogen-bond acceptors (Lipinski definition) is 7. The van der Waals surface area contributed by atoms with E-state index in [1.165, 1.54) is 12.3 Å². The van der Waals surface area contributed by atoms with Crippen LogP contribution in [0.4, 0.5) is 0 Å². The largest absolute Gasteiger partial charge is 0.507 e. The van der Waals surface area contributed by atoms with Gasteiger partial charge in [0.25, 0.3) is 5.56 Å². The normalized spacial score (nSPS) is 14.9. The van der Waals surface area contributed by atoms with Crippen molar-refractivity contribution < 1.29 is 23.8 Å². The standard InChI is InChI=1S/C32H27NO7/c1-17(2)15-33-24-7-5-4-6-19(24)12-22(32(33)37)21-13-27(35)40-26-14-25(34)29-30(36)23(16-39-31(29)28(21)26)18-8-10-20(38-3)11-9-18/h4-12,14,16-17,21,34H,13,15H2,1-3H3. The summed E-state index contributed by atoms with van der Waals surface area (Å²) in [5.74, 6) is -0.765. The lowest BCUT2D eigenvalue weighted by Gasteiger charge is -2.26. The van der Waals surface area contributed by atoms with Gasteiger partial charge in [0.05, 0.1) is 24.6 Å². The molecule has 5 aromatic rings. The molecule has 8 nitrogen and oxygen atoms in total. The second-order valence-corrected chi connectivity index (χ2v) is 10.4. The zero-order chi connectivity index (χ0) is 28.1. The fourth-order valence-electron chi connectivity index (χ4n) is 5.51. The number of hydrogen-bond donors (Lipinski definition) is 1. The lowest BCUT2D eigenvalue weighted by molar-refractivity contribution is -0.135. The van der Waals surface area contributed by atoms with Crippen LogP contribution in [0.3, 0.4) is 0 Å². The number of carbonyl (C=O) groups excluding carboxylic acids is 1. The highest BCUT2D eigenvalue weighted by atomic mass is 16.5. The number of nitrogens with zero attached hydrogens (tertiary/aromatic N) is 1. The van der Waals surface area contributed by atoms with E-state index in [9.17, 15) is 19.5 Å². The highest BCUT2D eigenvalue weighted by Crippen LogP contribution is 2.45. The van der Waals surface area contributed by atoms with E-state index in [1.54, 1.807) is 42.0 Å². The van der Waals surface area contributed by atoms with Crippen LogP contribution in [0.1, 0.15) is 37.3 Å². The number of phenolic OH excluding ortho intramolecular Hbond substituents is 1. The van der Waals surface area contributed by atoms with Crippen molar-refractivity contribution in [2.75, 3.05) is 7.11 Å². The van der Waals surface area contributed by atoms with E-state index in [0.29, 0.717) is 29.0 Å². The SMILES string of the molecule is COc1ccc(-c2coc3c4c(cc(O)c3c2=O)OC(=O)CC4c2cc3ccccc3n(CC(C)C)c2=O)cc1. The number of aromatic hydroxyl groups is 1. The number of rotatable bonds is 5. The lowest BCUT2D eigenvalue weighted by atomic mass is 9.84. The first kappa shape index (κ1) is 25.4. The lowest BCUT2D eigenvalue weighted by Crippen LogP contribution is -2.31. The minimum Gasteiger partial charge on any atom is -0.507 e. The summed E-state index contributed by atoms with van der Waals surface area (Å²) in [5, 5.41) is 11.7. The monoisotopic (exact) mass is 537 g/mol. The van der Waals surface area contributed by atoms with Gasteiger partial charge in [0, 0.05) is 29.7 Å². The molecule has 0 saturated carbocycles. The van der Waals surface area contributed by atoms with Crippen LogP contribution >= 0.6 is 0 Å². The van der Waals surface area contributed by atoms with Crippen molar-refractivity contribution in [2.24, 2.45) is 5.92 Å². The minimum atomic E-state index is -0.746. The fraction of sp³-hybridized carbons (Fsp3) is 0.219. The molecule has 8 heteroatoms. The van der Waals surface area contributed by atoms with Crippen molar-refractivity contribution in [2.45, 2.75) is 32.7 Å². The van der Waals surface area contributed by atoms with Gasteiger partial charge in [0.1, 0.15) is 34.5 Å². The molecule has 3 heterocycles. The predicted octanol–water partition coefficient (Wildman–Crippen LogP) is 5.59. The molecule has 0 saturated heterocycles. The summed E-state index contributed by atoms with van der Waals surface area (Å²) < 4.78 is 18.5. The first-order chi connectivity index (χ1) is 19.3. The average molecular weight is 538 g/mol. The highest BCUT2D eigenvalue weighted by Gasteiger charge is 2.35. The summed E-state index contributed by atoms with van der Waals surface area (Å²) in [5.41, 5.74) is 1.82. The molecule has 3 aromatic carbocycles. The number of esters is 1. The Morgan fingerprint density at radius 2 is 1.80 bits per heavy atom. The van der Waals surface area contributed by atoms with Gasteiger partial charge in [0.15, 0.2) is 0 Å². The third-order valence-electron chi connectivity index (χ3n) is 7.33. The highest BCUT2D eigenvalue weighted by molar-refractivity contribution is 5.94. The number of aromatic nitrogens is 1. The zero-order valence-electron chi connectivity index (χ0n) is 22.3. The molecule has 0 amide bonds. The van der Waals surface area contributed by atoms with Gasteiger partial charge in [-0.2, -0.15) is 0 Å². The smallest absolute Gasteiger partial charge is 0.312 e. The fourth-order valence-corrected chi connectivity index (χ4v) is 5.51. The average Bonchev–Trinajstić information content (AvgIpc) is 2.93. The molecule has 1 aliphatic heterocycles. The Bertz CT molecular complexity index is 1920. The number of pyridine rings is 1. The van der Waals surface area contributed by atoms with Crippen LogP contribution in [0.25, 0.3) is 33.0 Å². The zero-order valence-corrected chi connectivity index (χ0v) is 22.3. The van der Waals surface area contributed by atoms with Crippen molar-refractivity contribution in [1.29, 1.82) is 0 Å². The van der Waals surface area contributed by atoms with Crippen LogP contribution in [-0.4, -0.2) is 22.8 Å². The maximum absolute atomic E-state index is 14.0. The van der Waals surface area contributed by atoms with E-state index in [1.807, 2.05) is 38.1 Å². The first-order valence-electron chi connectivity index (χ1n) is 13.1. The molecular weight excluding hydrogens is 510 g/mol. The quantitative estimate of drug-likeness (QED) is 0.230. The van der Waals surface area contributed by atoms with Crippen LogP contribution in [0.2, 0.25) is 0 Å².